The van der Waals surface area contributed by atoms with Gasteiger partial charge in [0, 0.05) is 0 Å². The molecule has 0 spiro atoms. The van der Waals surface area contributed by atoms with Gasteiger partial charge >= 0.3 is 6.09 Å². The fourth-order valence-electron chi connectivity index (χ4n) is 1.21. The van der Waals surface area contributed by atoms with Gasteiger partial charge in [-0.15, -0.1) is 0 Å². The Hall–Kier alpha value is -1.43. The number of aromatic nitrogens is 1. The first-order valence-electron chi connectivity index (χ1n) is 5.53. The molecular formula is C12H15BrN2O3. The van der Waals surface area contributed by atoms with Gasteiger partial charge in [-0.1, -0.05) is 19.9 Å². The highest BCUT2D eigenvalue weighted by Gasteiger charge is 2.15. The van der Waals surface area contributed by atoms with Crippen LogP contribution in [0, 0.1) is 5.92 Å². The van der Waals surface area contributed by atoms with E-state index in [0.29, 0.717) is 16.6 Å². The first kappa shape index (κ1) is 14.6. The third-order valence-corrected chi connectivity index (χ3v) is 2.71. The molecule has 1 aromatic heterocycles. The predicted octanol–water partition coefficient (Wildman–Crippen LogP) is 2.29. The van der Waals surface area contributed by atoms with Crippen LogP contribution in [0.15, 0.2) is 22.8 Å². The van der Waals surface area contributed by atoms with E-state index in [-0.39, 0.29) is 12.5 Å². The largest absolute Gasteiger partial charge is 0.443 e. The molecule has 1 heterocycles. The van der Waals surface area contributed by atoms with Crippen molar-refractivity contribution in [2.75, 3.05) is 0 Å². The van der Waals surface area contributed by atoms with E-state index < -0.39 is 12.1 Å². The number of amides is 1. The van der Waals surface area contributed by atoms with Crippen LogP contribution < -0.4 is 5.32 Å². The van der Waals surface area contributed by atoms with E-state index in [1.807, 2.05) is 13.8 Å². The van der Waals surface area contributed by atoms with Gasteiger partial charge in [-0.2, -0.15) is 0 Å². The summed E-state index contributed by atoms with van der Waals surface area (Å²) < 4.78 is 5.65. The van der Waals surface area contributed by atoms with Crippen LogP contribution >= 0.6 is 15.9 Å². The van der Waals surface area contributed by atoms with Crippen LogP contribution in [-0.4, -0.2) is 23.4 Å². The fourth-order valence-corrected chi connectivity index (χ4v) is 1.59. The molecule has 0 fully saturated rings. The van der Waals surface area contributed by atoms with Crippen LogP contribution in [0.3, 0.4) is 0 Å². The van der Waals surface area contributed by atoms with Crippen LogP contribution in [0.25, 0.3) is 0 Å². The van der Waals surface area contributed by atoms with Gasteiger partial charge in [-0.25, -0.2) is 9.78 Å². The second-order valence-electron chi connectivity index (χ2n) is 4.08. The van der Waals surface area contributed by atoms with Crippen molar-refractivity contribution in [3.05, 3.63) is 28.5 Å². The van der Waals surface area contributed by atoms with Crippen molar-refractivity contribution in [2.24, 2.45) is 5.92 Å². The van der Waals surface area contributed by atoms with Gasteiger partial charge in [-0.3, -0.25) is 0 Å². The summed E-state index contributed by atoms with van der Waals surface area (Å²) in [5.74, 6) is 0.0269. The van der Waals surface area contributed by atoms with Gasteiger partial charge in [-0.05, 0) is 34.0 Å². The van der Waals surface area contributed by atoms with E-state index in [9.17, 15) is 9.59 Å². The number of rotatable bonds is 5. The Morgan fingerprint density at radius 3 is 2.83 bits per heavy atom. The highest BCUT2D eigenvalue weighted by Crippen LogP contribution is 2.07. The fraction of sp³-hybridized carbons (Fsp3) is 0.417. The SMILES string of the molecule is CC(C)C(C=O)NC(=O)OCc1cccc(Br)n1. The standard InChI is InChI=1S/C12H15BrN2O3/c1-8(2)10(6-16)15-12(17)18-7-9-4-3-5-11(13)14-9/h3-6,8,10H,7H2,1-2H3,(H,15,17). The molecule has 0 aliphatic carbocycles. The Morgan fingerprint density at radius 1 is 1.56 bits per heavy atom. The summed E-state index contributed by atoms with van der Waals surface area (Å²) in [4.78, 5) is 26.3. The summed E-state index contributed by atoms with van der Waals surface area (Å²) in [7, 11) is 0. The molecule has 1 unspecified atom stereocenters. The van der Waals surface area contributed by atoms with Crippen LogP contribution in [0.1, 0.15) is 19.5 Å². The number of nitrogens with zero attached hydrogens (tertiary/aromatic N) is 1. The molecule has 1 aromatic rings. The summed E-state index contributed by atoms with van der Waals surface area (Å²) in [6.45, 7) is 3.75. The number of hydrogen-bond donors (Lipinski definition) is 1. The molecule has 6 heteroatoms. The number of pyridine rings is 1. The van der Waals surface area contributed by atoms with Crippen molar-refractivity contribution in [3.8, 4) is 0 Å². The summed E-state index contributed by atoms with van der Waals surface area (Å²) in [5, 5.41) is 2.48. The number of hydrogen-bond acceptors (Lipinski definition) is 4. The Balaban J connectivity index is 2.44. The van der Waals surface area contributed by atoms with Gasteiger partial charge < -0.3 is 14.8 Å². The highest BCUT2D eigenvalue weighted by atomic mass is 79.9. The monoisotopic (exact) mass is 314 g/mol. The quantitative estimate of drug-likeness (QED) is 0.669. The third-order valence-electron chi connectivity index (χ3n) is 2.27. The van der Waals surface area contributed by atoms with Gasteiger partial charge in [0.1, 0.15) is 17.5 Å². The van der Waals surface area contributed by atoms with Crippen LogP contribution in [-0.2, 0) is 16.1 Å². The van der Waals surface area contributed by atoms with E-state index in [1.54, 1.807) is 18.2 Å². The molecule has 1 N–H and O–H groups in total. The van der Waals surface area contributed by atoms with Crippen molar-refractivity contribution in [1.29, 1.82) is 0 Å². The molecule has 0 saturated carbocycles. The average Bonchev–Trinajstić information content (AvgIpc) is 2.33. The number of nitrogens with one attached hydrogen (secondary N) is 1. The van der Waals surface area contributed by atoms with Crippen molar-refractivity contribution < 1.29 is 14.3 Å². The Bertz CT molecular complexity index is 424. The lowest BCUT2D eigenvalue weighted by molar-refractivity contribution is -0.110. The van der Waals surface area contributed by atoms with Crippen LogP contribution in [0.5, 0.6) is 0 Å². The molecule has 1 atom stereocenters. The lowest BCUT2D eigenvalue weighted by Crippen LogP contribution is -2.39. The lowest BCUT2D eigenvalue weighted by atomic mass is 10.1. The summed E-state index contributed by atoms with van der Waals surface area (Å²) in [5.41, 5.74) is 0.631. The number of alkyl carbamates (subject to hydrolysis) is 1. The molecule has 0 bridgehead atoms. The Kier molecular flexibility index (Phi) is 5.77. The van der Waals surface area contributed by atoms with Gasteiger partial charge in [0.05, 0.1) is 11.7 Å². The molecule has 1 rings (SSSR count). The summed E-state index contributed by atoms with van der Waals surface area (Å²) in [6, 6.07) is 4.80. The van der Waals surface area contributed by atoms with Gasteiger partial charge in [0.2, 0.25) is 0 Å². The average molecular weight is 315 g/mol. The lowest BCUT2D eigenvalue weighted by Gasteiger charge is -2.15. The number of ether oxygens (including phenoxy) is 1. The molecule has 1 amide bonds. The van der Waals surface area contributed by atoms with Gasteiger partial charge in [0.25, 0.3) is 0 Å². The molecule has 98 valence electrons. The number of carbonyl (C=O) groups excluding carboxylic acids is 2. The zero-order chi connectivity index (χ0) is 13.5. The molecule has 0 radical (unpaired) electrons. The van der Waals surface area contributed by atoms with Crippen molar-refractivity contribution in [2.45, 2.75) is 26.5 Å². The molecule has 0 aliphatic heterocycles. The van der Waals surface area contributed by atoms with Crippen LogP contribution in [0.4, 0.5) is 4.79 Å². The van der Waals surface area contributed by atoms with E-state index in [2.05, 4.69) is 26.2 Å². The summed E-state index contributed by atoms with van der Waals surface area (Å²) >= 11 is 3.23. The van der Waals surface area contributed by atoms with Crippen molar-refractivity contribution in [1.82, 2.24) is 10.3 Å². The van der Waals surface area contributed by atoms with Crippen LogP contribution in [0.2, 0.25) is 0 Å². The predicted molar refractivity (Wildman–Crippen MR) is 69.9 cm³/mol. The van der Waals surface area contributed by atoms with Crippen molar-refractivity contribution in [3.63, 3.8) is 0 Å². The number of halogens is 1. The molecular weight excluding hydrogens is 300 g/mol. The zero-order valence-corrected chi connectivity index (χ0v) is 11.8. The molecule has 0 aromatic carbocycles. The molecule has 0 saturated heterocycles. The topological polar surface area (TPSA) is 68.3 Å². The third kappa shape index (κ3) is 4.83. The molecule has 18 heavy (non-hydrogen) atoms. The normalized spacial score (nSPS) is 12.0. The first-order valence-corrected chi connectivity index (χ1v) is 6.32. The minimum Gasteiger partial charge on any atom is -0.443 e. The Labute approximate surface area is 114 Å². The highest BCUT2D eigenvalue weighted by molar-refractivity contribution is 9.10. The summed E-state index contributed by atoms with van der Waals surface area (Å²) in [6.07, 6.45) is 0.0751. The van der Waals surface area contributed by atoms with E-state index in [4.69, 9.17) is 4.74 Å². The number of carbonyl (C=O) groups is 2. The zero-order valence-electron chi connectivity index (χ0n) is 10.2. The second-order valence-corrected chi connectivity index (χ2v) is 4.89. The maximum Gasteiger partial charge on any atom is 0.408 e. The second kappa shape index (κ2) is 7.10. The van der Waals surface area contributed by atoms with E-state index in [1.165, 1.54) is 0 Å². The first-order chi connectivity index (χ1) is 8.52. The maximum absolute atomic E-state index is 11.4. The molecule has 0 aliphatic rings. The minimum atomic E-state index is -0.623. The maximum atomic E-state index is 11.4. The minimum absolute atomic E-state index is 0.0269. The van der Waals surface area contributed by atoms with E-state index >= 15 is 0 Å². The smallest absolute Gasteiger partial charge is 0.408 e. The van der Waals surface area contributed by atoms with E-state index in [0.717, 1.165) is 0 Å². The Morgan fingerprint density at radius 2 is 2.28 bits per heavy atom. The molecule has 5 nitrogen and oxygen atoms in total. The number of aldehydes is 1. The van der Waals surface area contributed by atoms with Crippen molar-refractivity contribution >= 4 is 28.3 Å². The van der Waals surface area contributed by atoms with Gasteiger partial charge in [0.15, 0.2) is 0 Å².